The van der Waals surface area contributed by atoms with Crippen LogP contribution in [0.5, 0.6) is 11.5 Å². The molecule has 1 heterocycles. The summed E-state index contributed by atoms with van der Waals surface area (Å²) in [6, 6.07) is 15.6. The average Bonchev–Trinajstić information content (AvgIpc) is 3.29. The van der Waals surface area contributed by atoms with Gasteiger partial charge in [-0.3, -0.25) is 4.79 Å². The molecule has 0 unspecified atom stereocenters. The smallest absolute Gasteiger partial charge is 0.255 e. The van der Waals surface area contributed by atoms with Crippen molar-refractivity contribution in [2.75, 3.05) is 12.4 Å². The first-order valence-corrected chi connectivity index (χ1v) is 10.3. The summed E-state index contributed by atoms with van der Waals surface area (Å²) in [6.45, 7) is -0.130. The Kier molecular flexibility index (Phi) is 6.76. The normalized spacial score (nSPS) is 10.7. The molecule has 1 aromatic heterocycles. The number of nitrogens with one attached hydrogen (secondary N) is 1. The van der Waals surface area contributed by atoms with E-state index in [9.17, 15) is 9.18 Å². The predicted molar refractivity (Wildman–Crippen MR) is 121 cm³/mol. The predicted octanol–water partition coefficient (Wildman–Crippen LogP) is 6.02. The minimum Gasteiger partial charge on any atom is -0.497 e. The molecule has 0 aliphatic rings. The third-order valence-electron chi connectivity index (χ3n) is 4.53. The Bertz CT molecular complexity index is 1300. The molecule has 4 aromatic rings. The Morgan fingerprint density at radius 2 is 1.82 bits per heavy atom. The highest BCUT2D eigenvalue weighted by Gasteiger charge is 2.13. The first-order valence-electron chi connectivity index (χ1n) is 9.58. The lowest BCUT2D eigenvalue weighted by Gasteiger charge is -2.09. The summed E-state index contributed by atoms with van der Waals surface area (Å²) in [7, 11) is 1.58. The van der Waals surface area contributed by atoms with E-state index < -0.39 is 11.7 Å². The maximum Gasteiger partial charge on any atom is 0.255 e. The number of nitrogens with zero attached hydrogens (tertiary/aromatic N) is 2. The molecule has 10 heteroatoms. The van der Waals surface area contributed by atoms with Crippen molar-refractivity contribution < 1.29 is 23.1 Å². The van der Waals surface area contributed by atoms with Crippen LogP contribution in [0.4, 0.5) is 10.1 Å². The number of rotatable bonds is 7. The number of amides is 1. The van der Waals surface area contributed by atoms with Gasteiger partial charge in [0.05, 0.1) is 17.2 Å². The Labute approximate surface area is 198 Å². The van der Waals surface area contributed by atoms with Gasteiger partial charge in [0, 0.05) is 22.9 Å². The summed E-state index contributed by atoms with van der Waals surface area (Å²) in [5.74, 6) is 0.0188. The van der Waals surface area contributed by atoms with E-state index >= 15 is 0 Å². The van der Waals surface area contributed by atoms with Gasteiger partial charge in [-0.15, -0.1) is 10.2 Å². The van der Waals surface area contributed by atoms with Gasteiger partial charge in [0.15, 0.2) is 18.2 Å². The number of hydrogen-bond acceptors (Lipinski definition) is 6. The van der Waals surface area contributed by atoms with Gasteiger partial charge < -0.3 is 19.2 Å². The zero-order chi connectivity index (χ0) is 23.4. The highest BCUT2D eigenvalue weighted by atomic mass is 35.5. The fourth-order valence-corrected chi connectivity index (χ4v) is 3.14. The quantitative estimate of drug-likeness (QED) is 0.342. The first-order chi connectivity index (χ1) is 15.9. The van der Waals surface area contributed by atoms with E-state index in [4.69, 9.17) is 37.1 Å². The zero-order valence-electron chi connectivity index (χ0n) is 17.1. The largest absolute Gasteiger partial charge is 0.497 e. The van der Waals surface area contributed by atoms with Crippen molar-refractivity contribution in [2.24, 2.45) is 0 Å². The Hall–Kier alpha value is -3.62. The van der Waals surface area contributed by atoms with Gasteiger partial charge in [-0.05, 0) is 54.6 Å². The molecule has 0 fully saturated rings. The molecule has 0 spiro atoms. The van der Waals surface area contributed by atoms with E-state index in [0.29, 0.717) is 22.2 Å². The van der Waals surface area contributed by atoms with Crippen LogP contribution in [-0.2, 0) is 6.61 Å². The van der Waals surface area contributed by atoms with Crippen molar-refractivity contribution in [2.45, 2.75) is 6.61 Å². The third kappa shape index (κ3) is 5.42. The third-order valence-corrected chi connectivity index (χ3v) is 5.27. The maximum absolute atomic E-state index is 14.5. The van der Waals surface area contributed by atoms with Gasteiger partial charge in [-0.1, -0.05) is 23.2 Å². The van der Waals surface area contributed by atoms with Gasteiger partial charge in [-0.25, -0.2) is 4.39 Å². The average molecular weight is 488 g/mol. The second kappa shape index (κ2) is 9.89. The number of hydrogen-bond donors (Lipinski definition) is 1. The van der Waals surface area contributed by atoms with Crippen molar-refractivity contribution in [1.82, 2.24) is 10.2 Å². The molecular weight excluding hydrogens is 472 g/mol. The minimum atomic E-state index is -0.670. The van der Waals surface area contributed by atoms with Crippen LogP contribution in [0.3, 0.4) is 0 Å². The lowest BCUT2D eigenvalue weighted by molar-refractivity contribution is 0.102. The van der Waals surface area contributed by atoms with E-state index in [0.717, 1.165) is 6.07 Å². The fraction of sp³-hybridized carbons (Fsp3) is 0.0870. The minimum absolute atomic E-state index is 0.0354. The van der Waals surface area contributed by atoms with Crippen LogP contribution >= 0.6 is 23.2 Å². The molecule has 0 saturated carbocycles. The number of benzene rings is 3. The van der Waals surface area contributed by atoms with Crippen molar-refractivity contribution in [1.29, 1.82) is 0 Å². The molecule has 7 nitrogen and oxygen atoms in total. The molecule has 168 valence electrons. The Balaban J connectivity index is 1.38. The summed E-state index contributed by atoms with van der Waals surface area (Å²) in [6.07, 6.45) is 0. The monoisotopic (exact) mass is 487 g/mol. The number of methoxy groups -OCH3 is 1. The van der Waals surface area contributed by atoms with E-state index in [-0.39, 0.29) is 34.5 Å². The lowest BCUT2D eigenvalue weighted by atomic mass is 10.2. The van der Waals surface area contributed by atoms with E-state index in [1.54, 1.807) is 31.4 Å². The SMILES string of the molecule is COc1ccc(-c2nnc(COc3ccc(NC(=O)c4ccc(Cl)c(Cl)c4)cc3F)o2)cc1. The highest BCUT2D eigenvalue weighted by molar-refractivity contribution is 6.42. The summed E-state index contributed by atoms with van der Waals surface area (Å²) >= 11 is 11.8. The molecule has 0 saturated heterocycles. The molecule has 0 bridgehead atoms. The van der Waals surface area contributed by atoms with Gasteiger partial charge >= 0.3 is 0 Å². The maximum atomic E-state index is 14.5. The molecule has 1 N–H and O–H groups in total. The number of halogens is 3. The van der Waals surface area contributed by atoms with Gasteiger partial charge in [0.25, 0.3) is 11.8 Å². The van der Waals surface area contributed by atoms with Crippen LogP contribution in [0, 0.1) is 5.82 Å². The van der Waals surface area contributed by atoms with Crippen molar-refractivity contribution in [3.63, 3.8) is 0 Å². The van der Waals surface area contributed by atoms with Crippen LogP contribution < -0.4 is 14.8 Å². The first kappa shape index (κ1) is 22.6. The number of anilines is 1. The van der Waals surface area contributed by atoms with E-state index in [1.807, 2.05) is 0 Å². The number of aromatic nitrogens is 2. The van der Waals surface area contributed by atoms with Crippen LogP contribution in [0.25, 0.3) is 11.5 Å². The second-order valence-electron chi connectivity index (χ2n) is 6.75. The molecule has 0 aliphatic carbocycles. The molecule has 1 amide bonds. The standard InChI is InChI=1S/C23H16Cl2FN3O4/c1-31-16-6-2-13(3-7-16)23-29-28-21(33-23)12-32-20-9-5-15(11-19(20)26)27-22(30)14-4-8-17(24)18(25)10-14/h2-11H,12H2,1H3,(H,27,30). The van der Waals surface area contributed by atoms with Crippen LogP contribution in [0.15, 0.2) is 65.1 Å². The van der Waals surface area contributed by atoms with E-state index in [1.165, 1.54) is 30.3 Å². The fourth-order valence-electron chi connectivity index (χ4n) is 2.84. The van der Waals surface area contributed by atoms with Crippen LogP contribution in [0.2, 0.25) is 10.0 Å². The number of ether oxygens (including phenoxy) is 2. The topological polar surface area (TPSA) is 86.5 Å². The summed E-state index contributed by atoms with van der Waals surface area (Å²) < 4.78 is 30.6. The molecule has 0 aliphatic heterocycles. The molecule has 0 radical (unpaired) electrons. The zero-order valence-corrected chi connectivity index (χ0v) is 18.7. The van der Waals surface area contributed by atoms with Crippen LogP contribution in [-0.4, -0.2) is 23.2 Å². The van der Waals surface area contributed by atoms with Crippen LogP contribution in [0.1, 0.15) is 16.2 Å². The van der Waals surface area contributed by atoms with Gasteiger partial charge in [0.1, 0.15) is 5.75 Å². The Morgan fingerprint density at radius 3 is 2.52 bits per heavy atom. The molecule has 33 heavy (non-hydrogen) atoms. The summed E-state index contributed by atoms with van der Waals surface area (Å²) in [4.78, 5) is 12.3. The molecule has 3 aromatic carbocycles. The second-order valence-corrected chi connectivity index (χ2v) is 7.56. The van der Waals surface area contributed by atoms with Gasteiger partial charge in [-0.2, -0.15) is 0 Å². The van der Waals surface area contributed by atoms with Crippen molar-refractivity contribution in [3.8, 4) is 23.0 Å². The Morgan fingerprint density at radius 1 is 1.03 bits per heavy atom. The van der Waals surface area contributed by atoms with Crippen molar-refractivity contribution >= 4 is 34.8 Å². The molecule has 0 atom stereocenters. The highest BCUT2D eigenvalue weighted by Crippen LogP contribution is 2.26. The summed E-state index contributed by atoms with van der Waals surface area (Å²) in [5, 5.41) is 11.0. The summed E-state index contributed by atoms with van der Waals surface area (Å²) in [5.41, 5.74) is 1.24. The number of carbonyl (C=O) groups excluding carboxylic acids is 1. The van der Waals surface area contributed by atoms with Crippen molar-refractivity contribution in [3.05, 3.63) is 88.0 Å². The lowest BCUT2D eigenvalue weighted by Crippen LogP contribution is -2.12. The van der Waals surface area contributed by atoms with Gasteiger partial charge in [0.2, 0.25) is 5.89 Å². The molecular formula is C23H16Cl2FN3O4. The van der Waals surface area contributed by atoms with E-state index in [2.05, 4.69) is 15.5 Å². The number of carbonyl (C=O) groups is 1. The molecule has 4 rings (SSSR count).